The van der Waals surface area contributed by atoms with Crippen LogP contribution in [-0.2, 0) is 14.8 Å². The standard InChI is InChI=1S/C19H22N2O5S/c1-13(2)25-15-10-8-14(9-11-15)20-19(22)18-12-21(27(3,23)24)16-6-4-5-7-17(16)26-18/h4-11,13,18H,12H2,1-3H3,(H,20,22). The fraction of sp³-hybridized carbons (Fsp3) is 0.316. The molecule has 0 saturated heterocycles. The molecule has 8 heteroatoms. The molecule has 2 aromatic rings. The molecule has 0 aromatic heterocycles. The first-order valence-electron chi connectivity index (χ1n) is 8.55. The Morgan fingerprint density at radius 2 is 1.85 bits per heavy atom. The number of benzene rings is 2. The largest absolute Gasteiger partial charge is 0.491 e. The van der Waals surface area contributed by atoms with E-state index in [0.717, 1.165) is 6.26 Å². The van der Waals surface area contributed by atoms with Gasteiger partial charge in [-0.15, -0.1) is 0 Å². The zero-order chi connectivity index (χ0) is 19.6. The topological polar surface area (TPSA) is 84.9 Å². The molecule has 1 heterocycles. The Kier molecular flexibility index (Phi) is 5.27. The van der Waals surface area contributed by atoms with Gasteiger partial charge >= 0.3 is 0 Å². The maximum Gasteiger partial charge on any atom is 0.267 e. The highest BCUT2D eigenvalue weighted by molar-refractivity contribution is 7.92. The van der Waals surface area contributed by atoms with Crippen molar-refractivity contribution in [3.8, 4) is 11.5 Å². The third-order valence-corrected chi connectivity index (χ3v) is 5.07. The SMILES string of the molecule is CC(C)Oc1ccc(NC(=O)C2CN(S(C)(=O)=O)c3ccccc3O2)cc1. The molecular formula is C19H22N2O5S. The lowest BCUT2D eigenvalue weighted by molar-refractivity contribution is -0.122. The number of nitrogens with one attached hydrogen (secondary N) is 1. The van der Waals surface area contributed by atoms with Crippen LogP contribution in [0.5, 0.6) is 11.5 Å². The predicted octanol–water partition coefficient (Wildman–Crippen LogP) is 2.64. The molecule has 7 nitrogen and oxygen atoms in total. The number of carbonyl (C=O) groups is 1. The fourth-order valence-electron chi connectivity index (χ4n) is 2.76. The van der Waals surface area contributed by atoms with E-state index in [1.165, 1.54) is 4.31 Å². The van der Waals surface area contributed by atoms with Gasteiger partial charge in [0.1, 0.15) is 11.5 Å². The van der Waals surface area contributed by atoms with Crippen molar-refractivity contribution in [2.45, 2.75) is 26.1 Å². The number of amides is 1. The third-order valence-electron chi connectivity index (χ3n) is 3.92. The molecular weight excluding hydrogens is 368 g/mol. The van der Waals surface area contributed by atoms with Crippen molar-refractivity contribution in [1.82, 2.24) is 0 Å². The van der Waals surface area contributed by atoms with Crippen molar-refractivity contribution in [3.63, 3.8) is 0 Å². The van der Waals surface area contributed by atoms with Gasteiger partial charge in [0.25, 0.3) is 5.91 Å². The van der Waals surface area contributed by atoms with E-state index < -0.39 is 22.0 Å². The summed E-state index contributed by atoms with van der Waals surface area (Å²) in [6, 6.07) is 13.7. The highest BCUT2D eigenvalue weighted by atomic mass is 32.2. The van der Waals surface area contributed by atoms with E-state index in [0.29, 0.717) is 22.9 Å². The molecule has 0 aliphatic carbocycles. The van der Waals surface area contributed by atoms with Crippen molar-refractivity contribution in [2.75, 3.05) is 22.4 Å². The molecule has 0 spiro atoms. The second-order valence-corrected chi connectivity index (χ2v) is 8.46. The van der Waals surface area contributed by atoms with Crippen LogP contribution >= 0.6 is 0 Å². The number of hydrogen-bond donors (Lipinski definition) is 1. The molecule has 1 aliphatic heterocycles. The highest BCUT2D eigenvalue weighted by Crippen LogP contribution is 2.34. The van der Waals surface area contributed by atoms with Crippen molar-refractivity contribution in [3.05, 3.63) is 48.5 Å². The lowest BCUT2D eigenvalue weighted by atomic mass is 10.2. The zero-order valence-electron chi connectivity index (χ0n) is 15.4. The molecule has 1 atom stereocenters. The molecule has 2 aromatic carbocycles. The van der Waals surface area contributed by atoms with Gasteiger partial charge in [-0.05, 0) is 50.2 Å². The number of rotatable bonds is 5. The summed E-state index contributed by atoms with van der Waals surface area (Å²) in [4.78, 5) is 12.6. The first-order valence-corrected chi connectivity index (χ1v) is 10.4. The smallest absolute Gasteiger partial charge is 0.267 e. The van der Waals surface area contributed by atoms with Crippen LogP contribution in [0.3, 0.4) is 0 Å². The van der Waals surface area contributed by atoms with Crippen LogP contribution in [0.25, 0.3) is 0 Å². The molecule has 1 unspecified atom stereocenters. The second-order valence-electron chi connectivity index (χ2n) is 6.55. The second kappa shape index (κ2) is 7.48. The van der Waals surface area contributed by atoms with E-state index in [-0.39, 0.29) is 12.6 Å². The normalized spacial score (nSPS) is 16.4. The number of nitrogens with zero attached hydrogens (tertiary/aromatic N) is 1. The molecule has 3 rings (SSSR count). The molecule has 144 valence electrons. The first-order chi connectivity index (χ1) is 12.7. The van der Waals surface area contributed by atoms with E-state index in [2.05, 4.69) is 5.32 Å². The highest BCUT2D eigenvalue weighted by Gasteiger charge is 2.34. The summed E-state index contributed by atoms with van der Waals surface area (Å²) in [5, 5.41) is 2.75. The Hall–Kier alpha value is -2.74. The number of anilines is 2. The minimum Gasteiger partial charge on any atom is -0.491 e. The Morgan fingerprint density at radius 3 is 2.48 bits per heavy atom. The van der Waals surface area contributed by atoms with Crippen LogP contribution < -0.4 is 19.1 Å². The van der Waals surface area contributed by atoms with E-state index in [9.17, 15) is 13.2 Å². The van der Waals surface area contributed by atoms with E-state index in [1.807, 2.05) is 13.8 Å². The lowest BCUT2D eigenvalue weighted by Crippen LogP contribution is -2.48. The summed E-state index contributed by atoms with van der Waals surface area (Å²) >= 11 is 0. The Balaban J connectivity index is 1.75. The maximum atomic E-state index is 12.6. The maximum absolute atomic E-state index is 12.6. The predicted molar refractivity (Wildman–Crippen MR) is 104 cm³/mol. The number of sulfonamides is 1. The van der Waals surface area contributed by atoms with Crippen LogP contribution in [0.15, 0.2) is 48.5 Å². The summed E-state index contributed by atoms with van der Waals surface area (Å²) in [7, 11) is -3.54. The Labute approximate surface area is 158 Å². The zero-order valence-corrected chi connectivity index (χ0v) is 16.2. The van der Waals surface area contributed by atoms with Crippen molar-refractivity contribution < 1.29 is 22.7 Å². The average molecular weight is 390 g/mol. The van der Waals surface area contributed by atoms with Crippen LogP contribution in [-0.4, -0.2) is 39.3 Å². The van der Waals surface area contributed by atoms with E-state index >= 15 is 0 Å². The van der Waals surface area contributed by atoms with Crippen LogP contribution in [0.1, 0.15) is 13.8 Å². The molecule has 0 saturated carbocycles. The molecule has 1 amide bonds. The van der Waals surface area contributed by atoms with Gasteiger partial charge in [0.05, 0.1) is 24.6 Å². The average Bonchev–Trinajstić information content (AvgIpc) is 2.61. The monoisotopic (exact) mass is 390 g/mol. The molecule has 0 fully saturated rings. The Morgan fingerprint density at radius 1 is 1.19 bits per heavy atom. The van der Waals surface area contributed by atoms with E-state index in [1.54, 1.807) is 48.5 Å². The van der Waals surface area contributed by atoms with Crippen LogP contribution in [0.2, 0.25) is 0 Å². The van der Waals surface area contributed by atoms with Gasteiger partial charge in [-0.3, -0.25) is 9.10 Å². The molecule has 1 aliphatic rings. The summed E-state index contributed by atoms with van der Waals surface area (Å²) in [6.07, 6.45) is 0.210. The van der Waals surface area contributed by atoms with Crippen molar-refractivity contribution >= 4 is 27.3 Å². The minimum atomic E-state index is -3.54. The van der Waals surface area contributed by atoms with Gasteiger partial charge in [0.2, 0.25) is 10.0 Å². The summed E-state index contributed by atoms with van der Waals surface area (Å²) < 4.78 is 36.7. The number of ether oxygens (including phenoxy) is 2. The van der Waals surface area contributed by atoms with Gasteiger partial charge in [-0.2, -0.15) is 0 Å². The summed E-state index contributed by atoms with van der Waals surface area (Å²) in [5.41, 5.74) is 1.00. The summed E-state index contributed by atoms with van der Waals surface area (Å²) in [6.45, 7) is 3.78. The van der Waals surface area contributed by atoms with Crippen LogP contribution in [0, 0.1) is 0 Å². The van der Waals surface area contributed by atoms with Crippen LogP contribution in [0.4, 0.5) is 11.4 Å². The first kappa shape index (κ1) is 19.0. The molecule has 1 N–H and O–H groups in total. The minimum absolute atomic E-state index is 0.0584. The van der Waals surface area contributed by atoms with Crippen molar-refractivity contribution in [1.29, 1.82) is 0 Å². The molecule has 0 bridgehead atoms. The number of hydrogen-bond acceptors (Lipinski definition) is 5. The van der Waals surface area contributed by atoms with Gasteiger partial charge in [0, 0.05) is 5.69 Å². The third kappa shape index (κ3) is 4.51. The lowest BCUT2D eigenvalue weighted by Gasteiger charge is -2.33. The number of carbonyl (C=O) groups excluding carboxylic acids is 1. The summed E-state index contributed by atoms with van der Waals surface area (Å²) in [5.74, 6) is 0.639. The van der Waals surface area contributed by atoms with Gasteiger partial charge in [-0.1, -0.05) is 12.1 Å². The van der Waals surface area contributed by atoms with E-state index in [4.69, 9.17) is 9.47 Å². The molecule has 0 radical (unpaired) electrons. The van der Waals surface area contributed by atoms with Crippen molar-refractivity contribution in [2.24, 2.45) is 0 Å². The van der Waals surface area contributed by atoms with Gasteiger partial charge in [0.15, 0.2) is 6.10 Å². The number of para-hydroxylation sites is 2. The molecule has 27 heavy (non-hydrogen) atoms. The quantitative estimate of drug-likeness (QED) is 0.848. The van der Waals surface area contributed by atoms with Gasteiger partial charge in [-0.25, -0.2) is 8.42 Å². The fourth-order valence-corrected chi connectivity index (χ4v) is 3.68. The van der Waals surface area contributed by atoms with Gasteiger partial charge < -0.3 is 14.8 Å². The Bertz CT molecular complexity index is 925. The number of fused-ring (bicyclic) bond motifs is 1.